The van der Waals surface area contributed by atoms with Crippen LogP contribution < -0.4 is 11.3 Å². The average Bonchev–Trinajstić information content (AvgIpc) is 2.37. The van der Waals surface area contributed by atoms with Crippen LogP contribution in [0.15, 0.2) is 36.5 Å². The van der Waals surface area contributed by atoms with Crippen LogP contribution in [0, 0.1) is 12.7 Å². The molecule has 18 heavy (non-hydrogen) atoms. The molecule has 3 N–H and O–H groups in total. The van der Waals surface area contributed by atoms with Crippen molar-refractivity contribution in [1.29, 1.82) is 0 Å². The molecule has 1 atom stereocenters. The molecule has 1 aromatic carbocycles. The minimum Gasteiger partial charge on any atom is -0.271 e. The Morgan fingerprint density at radius 1 is 1.33 bits per heavy atom. The molecule has 0 amide bonds. The largest absolute Gasteiger partial charge is 0.271 e. The fourth-order valence-corrected chi connectivity index (χ4v) is 1.89. The molecule has 0 aliphatic carbocycles. The van der Waals surface area contributed by atoms with Gasteiger partial charge in [-0.2, -0.15) is 0 Å². The second-order valence-electron chi connectivity index (χ2n) is 4.03. The summed E-state index contributed by atoms with van der Waals surface area (Å²) in [5.41, 5.74) is 4.62. The molecule has 0 fully saturated rings. The molecule has 0 aliphatic heterocycles. The van der Waals surface area contributed by atoms with Gasteiger partial charge in [0.25, 0.3) is 0 Å². The summed E-state index contributed by atoms with van der Waals surface area (Å²) in [7, 11) is 0. The number of hydrogen-bond acceptors (Lipinski definition) is 3. The van der Waals surface area contributed by atoms with Crippen molar-refractivity contribution < 1.29 is 4.39 Å². The maximum atomic E-state index is 13.8. The standard InChI is InChI=1S/C13H13ClFN3/c1-8-2-4-11(15)10(6-8)13(18-16)12-5-3-9(14)7-17-12/h2-7,13,18H,16H2,1H3. The number of pyridine rings is 1. The summed E-state index contributed by atoms with van der Waals surface area (Å²) < 4.78 is 13.8. The first kappa shape index (κ1) is 13.0. The Labute approximate surface area is 110 Å². The van der Waals surface area contributed by atoms with Crippen LogP contribution in [0.3, 0.4) is 0 Å². The van der Waals surface area contributed by atoms with Crippen LogP contribution in [-0.2, 0) is 0 Å². The van der Waals surface area contributed by atoms with Crippen molar-refractivity contribution in [3.63, 3.8) is 0 Å². The monoisotopic (exact) mass is 265 g/mol. The highest BCUT2D eigenvalue weighted by Crippen LogP contribution is 2.24. The lowest BCUT2D eigenvalue weighted by Gasteiger charge is -2.17. The Balaban J connectivity index is 2.44. The van der Waals surface area contributed by atoms with Gasteiger partial charge in [0, 0.05) is 11.8 Å². The van der Waals surface area contributed by atoms with Crippen molar-refractivity contribution in [2.45, 2.75) is 13.0 Å². The number of benzene rings is 1. The molecular formula is C13H13ClFN3. The van der Waals surface area contributed by atoms with Gasteiger partial charge in [-0.25, -0.2) is 9.82 Å². The zero-order valence-electron chi connectivity index (χ0n) is 9.82. The van der Waals surface area contributed by atoms with E-state index < -0.39 is 6.04 Å². The van der Waals surface area contributed by atoms with Gasteiger partial charge in [-0.3, -0.25) is 10.8 Å². The molecule has 2 rings (SSSR count). The van der Waals surface area contributed by atoms with Crippen molar-refractivity contribution in [3.8, 4) is 0 Å². The third kappa shape index (κ3) is 2.67. The number of nitrogens with zero attached hydrogens (tertiary/aromatic N) is 1. The number of nitrogens with two attached hydrogens (primary N) is 1. The number of halogens is 2. The summed E-state index contributed by atoms with van der Waals surface area (Å²) in [6.07, 6.45) is 1.51. The molecule has 1 unspecified atom stereocenters. The fraction of sp³-hybridized carbons (Fsp3) is 0.154. The molecule has 3 nitrogen and oxygen atoms in total. The Morgan fingerprint density at radius 3 is 2.72 bits per heavy atom. The van der Waals surface area contributed by atoms with Gasteiger partial charge < -0.3 is 0 Å². The van der Waals surface area contributed by atoms with E-state index in [0.717, 1.165) is 5.56 Å². The number of aryl methyl sites for hydroxylation is 1. The summed E-state index contributed by atoms with van der Waals surface area (Å²) in [5.74, 6) is 5.19. The van der Waals surface area contributed by atoms with Crippen LogP contribution in [0.4, 0.5) is 4.39 Å². The van der Waals surface area contributed by atoms with Crippen LogP contribution in [0.5, 0.6) is 0 Å². The summed E-state index contributed by atoms with van der Waals surface area (Å²) >= 11 is 5.77. The summed E-state index contributed by atoms with van der Waals surface area (Å²) in [6.45, 7) is 1.89. The zero-order chi connectivity index (χ0) is 13.1. The quantitative estimate of drug-likeness (QED) is 0.663. The van der Waals surface area contributed by atoms with E-state index in [1.807, 2.05) is 6.92 Å². The van der Waals surface area contributed by atoms with Crippen molar-refractivity contribution in [3.05, 3.63) is 64.2 Å². The molecular weight excluding hydrogens is 253 g/mol. The van der Waals surface area contributed by atoms with Gasteiger partial charge in [0.1, 0.15) is 5.82 Å². The molecule has 1 heterocycles. The van der Waals surface area contributed by atoms with Gasteiger partial charge in [0.15, 0.2) is 0 Å². The van der Waals surface area contributed by atoms with E-state index in [9.17, 15) is 4.39 Å². The molecule has 94 valence electrons. The first-order chi connectivity index (χ1) is 8.61. The minimum atomic E-state index is -0.498. The number of rotatable bonds is 3. The fourth-order valence-electron chi connectivity index (χ4n) is 1.78. The smallest absolute Gasteiger partial charge is 0.128 e. The van der Waals surface area contributed by atoms with E-state index in [0.29, 0.717) is 16.3 Å². The highest BCUT2D eigenvalue weighted by atomic mass is 35.5. The second-order valence-corrected chi connectivity index (χ2v) is 4.46. The van der Waals surface area contributed by atoms with Crippen molar-refractivity contribution in [1.82, 2.24) is 10.4 Å². The lowest BCUT2D eigenvalue weighted by Crippen LogP contribution is -2.30. The maximum Gasteiger partial charge on any atom is 0.128 e. The van der Waals surface area contributed by atoms with Gasteiger partial charge >= 0.3 is 0 Å². The number of hydrazine groups is 1. The number of nitrogens with one attached hydrogen (secondary N) is 1. The maximum absolute atomic E-state index is 13.8. The third-order valence-electron chi connectivity index (χ3n) is 2.68. The van der Waals surface area contributed by atoms with E-state index in [1.165, 1.54) is 12.3 Å². The molecule has 0 saturated carbocycles. The Hall–Kier alpha value is -1.49. The number of aromatic nitrogens is 1. The molecule has 2 aromatic rings. The predicted molar refractivity (Wildman–Crippen MR) is 69.6 cm³/mol. The van der Waals surface area contributed by atoms with Crippen molar-refractivity contribution in [2.24, 2.45) is 5.84 Å². The van der Waals surface area contributed by atoms with Crippen molar-refractivity contribution >= 4 is 11.6 Å². The molecule has 0 aliphatic rings. The highest BCUT2D eigenvalue weighted by molar-refractivity contribution is 6.30. The molecule has 1 aromatic heterocycles. The topological polar surface area (TPSA) is 50.9 Å². The second kappa shape index (κ2) is 5.44. The lowest BCUT2D eigenvalue weighted by molar-refractivity contribution is 0.552. The normalized spacial score (nSPS) is 12.4. The zero-order valence-corrected chi connectivity index (χ0v) is 10.6. The molecule has 0 bridgehead atoms. The van der Waals surface area contributed by atoms with Crippen LogP contribution in [0.1, 0.15) is 22.9 Å². The van der Waals surface area contributed by atoms with Gasteiger partial charge in [0.05, 0.1) is 16.8 Å². The third-order valence-corrected chi connectivity index (χ3v) is 2.90. The predicted octanol–water partition coefficient (Wildman–Crippen LogP) is 2.74. The van der Waals surface area contributed by atoms with Crippen LogP contribution in [0.2, 0.25) is 5.02 Å². The summed E-state index contributed by atoms with van der Waals surface area (Å²) in [5, 5.41) is 0.527. The van der Waals surface area contributed by atoms with E-state index in [-0.39, 0.29) is 5.82 Å². The Bertz CT molecular complexity index is 542. The highest BCUT2D eigenvalue weighted by Gasteiger charge is 2.17. The van der Waals surface area contributed by atoms with E-state index >= 15 is 0 Å². The Kier molecular flexibility index (Phi) is 3.91. The summed E-state index contributed by atoms with van der Waals surface area (Å²) in [4.78, 5) is 4.16. The van der Waals surface area contributed by atoms with E-state index in [2.05, 4.69) is 10.4 Å². The van der Waals surface area contributed by atoms with Gasteiger partial charge in [-0.1, -0.05) is 29.3 Å². The minimum absolute atomic E-state index is 0.319. The Morgan fingerprint density at radius 2 is 2.11 bits per heavy atom. The van der Waals surface area contributed by atoms with Gasteiger partial charge in [-0.05, 0) is 25.1 Å². The van der Waals surface area contributed by atoms with Crippen LogP contribution >= 0.6 is 11.6 Å². The van der Waals surface area contributed by atoms with Crippen LogP contribution in [0.25, 0.3) is 0 Å². The molecule has 5 heteroatoms. The van der Waals surface area contributed by atoms with Gasteiger partial charge in [0.2, 0.25) is 0 Å². The molecule has 0 saturated heterocycles. The first-order valence-electron chi connectivity index (χ1n) is 5.45. The molecule has 0 spiro atoms. The first-order valence-corrected chi connectivity index (χ1v) is 5.83. The van der Waals surface area contributed by atoms with Crippen molar-refractivity contribution in [2.75, 3.05) is 0 Å². The number of hydrogen-bond donors (Lipinski definition) is 2. The average molecular weight is 266 g/mol. The van der Waals surface area contributed by atoms with E-state index in [1.54, 1.807) is 24.3 Å². The van der Waals surface area contributed by atoms with Crippen LogP contribution in [-0.4, -0.2) is 4.98 Å². The van der Waals surface area contributed by atoms with E-state index in [4.69, 9.17) is 17.4 Å². The molecule has 0 radical (unpaired) electrons. The lowest BCUT2D eigenvalue weighted by atomic mass is 10.0. The SMILES string of the molecule is Cc1ccc(F)c(C(NN)c2ccc(Cl)cn2)c1. The van der Waals surface area contributed by atoms with Gasteiger partial charge in [-0.15, -0.1) is 0 Å². The summed E-state index contributed by atoms with van der Waals surface area (Å²) in [6, 6.07) is 7.79.